The summed E-state index contributed by atoms with van der Waals surface area (Å²) in [6.45, 7) is 0. The van der Waals surface area contributed by atoms with Crippen LogP contribution in [0, 0.1) is 18.2 Å². The molecule has 6 aromatic carbocycles. The van der Waals surface area contributed by atoms with Crippen LogP contribution in [0.2, 0.25) is 0 Å². The molecule has 76 heavy (non-hydrogen) atoms. The molecule has 0 amide bonds. The van der Waals surface area contributed by atoms with E-state index in [2.05, 4.69) is 81.3 Å². The van der Waals surface area contributed by atoms with Crippen molar-refractivity contribution < 1.29 is 33.4 Å². The number of pyridine rings is 3. The predicted molar refractivity (Wildman–Crippen MR) is 290 cm³/mol. The Morgan fingerprint density at radius 1 is 0.303 bits per heavy atom. The fraction of sp³-hybridized carbons (Fsp3) is 0. The number of furan rings is 3. The van der Waals surface area contributed by atoms with Gasteiger partial charge in [0.1, 0.15) is 35.7 Å². The Balaban J connectivity index is 0.000000114. The topological polar surface area (TPSA) is 155 Å². The molecular formula is C63H36IrN9O3. The number of benzene rings is 6. The molecule has 0 unspecified atom stereocenters. The van der Waals surface area contributed by atoms with Gasteiger partial charge in [0.2, 0.25) is 0 Å². The van der Waals surface area contributed by atoms with Crippen LogP contribution in [-0.2, 0) is 20.1 Å². The van der Waals surface area contributed by atoms with Crippen molar-refractivity contribution in [1.29, 1.82) is 0 Å². The van der Waals surface area contributed by atoms with Crippen molar-refractivity contribution in [2.75, 3.05) is 0 Å². The number of hydrogen-bond donors (Lipinski definition) is 0. The van der Waals surface area contributed by atoms with E-state index in [1.165, 1.54) is 19.0 Å². The van der Waals surface area contributed by atoms with Crippen molar-refractivity contribution in [2.45, 2.75) is 0 Å². The Kier molecular flexibility index (Phi) is 12.9. The molecule has 0 atom stereocenters. The minimum absolute atomic E-state index is 0. The smallest absolute Gasteiger partial charge is 0.501 e. The Labute approximate surface area is 447 Å². The molecule has 0 aliphatic carbocycles. The van der Waals surface area contributed by atoms with E-state index in [1.54, 1.807) is 55.8 Å². The van der Waals surface area contributed by atoms with Crippen molar-refractivity contribution in [2.24, 2.45) is 0 Å². The van der Waals surface area contributed by atoms with Gasteiger partial charge in [0.15, 0.2) is 0 Å². The van der Waals surface area contributed by atoms with E-state index >= 15 is 0 Å². The van der Waals surface area contributed by atoms with E-state index in [0.29, 0.717) is 0 Å². The first-order chi connectivity index (χ1) is 37.2. The molecule has 0 fully saturated rings. The summed E-state index contributed by atoms with van der Waals surface area (Å²) in [6, 6.07) is 57.6. The third-order valence-corrected chi connectivity index (χ3v) is 12.7. The van der Waals surface area contributed by atoms with Crippen molar-refractivity contribution >= 4 is 65.8 Å². The zero-order chi connectivity index (χ0) is 49.9. The second kappa shape index (κ2) is 20.9. The average Bonchev–Trinajstić information content (AvgIpc) is 4.22. The number of hydrogen-bond acceptors (Lipinski definition) is 12. The van der Waals surface area contributed by atoms with Crippen LogP contribution in [0.5, 0.6) is 0 Å². The minimum Gasteiger partial charge on any atom is -0.501 e. The molecule has 0 saturated heterocycles. The fourth-order valence-electron chi connectivity index (χ4n) is 9.23. The van der Waals surface area contributed by atoms with Gasteiger partial charge in [-0.15, -0.1) is 54.6 Å². The Morgan fingerprint density at radius 3 is 0.895 bits per heavy atom. The van der Waals surface area contributed by atoms with Gasteiger partial charge in [0, 0.05) is 88.6 Å². The summed E-state index contributed by atoms with van der Waals surface area (Å²) in [5.41, 5.74) is 15.9. The van der Waals surface area contributed by atoms with Crippen LogP contribution < -0.4 is 0 Å². The monoisotopic (exact) mass is 1160 g/mol. The third kappa shape index (κ3) is 9.13. The number of nitrogens with zero attached hydrogens (tertiary/aromatic N) is 9. The van der Waals surface area contributed by atoms with Gasteiger partial charge in [-0.3, -0.25) is 0 Å². The van der Waals surface area contributed by atoms with Gasteiger partial charge >= 0.3 is 20.1 Å². The van der Waals surface area contributed by atoms with E-state index in [0.717, 1.165) is 133 Å². The summed E-state index contributed by atoms with van der Waals surface area (Å²) in [7, 11) is 0. The van der Waals surface area contributed by atoms with Crippen LogP contribution in [-0.4, -0.2) is 44.9 Å². The zero-order valence-electron chi connectivity index (χ0n) is 39.9. The number of rotatable bonds is 6. The third-order valence-electron chi connectivity index (χ3n) is 12.7. The molecular weight excluding hydrogens is 1120 g/mol. The van der Waals surface area contributed by atoms with Gasteiger partial charge < -0.3 is 28.2 Å². The van der Waals surface area contributed by atoms with Crippen LogP contribution in [0.1, 0.15) is 0 Å². The molecule has 0 spiro atoms. The van der Waals surface area contributed by atoms with E-state index < -0.39 is 0 Å². The van der Waals surface area contributed by atoms with Gasteiger partial charge in [0.05, 0.1) is 16.7 Å². The van der Waals surface area contributed by atoms with Crippen LogP contribution in [0.3, 0.4) is 0 Å². The summed E-state index contributed by atoms with van der Waals surface area (Å²) in [4.78, 5) is 38.1. The maximum Gasteiger partial charge on any atom is 3.00 e. The SMILES string of the molecule is [Ir+3].[c-]1ccc2c(oc3ccccc32)c1-c1cc(-c2cncnc2)ccn1.[c-]1ccc2c(oc3ccccc32)c1-c1cc(-c2cncnc2)ccn1.[c-]1ccc2c(oc3ccccc32)c1-c1cc(-c2cncnc2)ccn1. The van der Waals surface area contributed by atoms with E-state index in [1.807, 2.05) is 127 Å². The number of aromatic nitrogens is 9. The Bertz CT molecular complexity index is 4050. The Hall–Kier alpha value is -9.94. The van der Waals surface area contributed by atoms with Crippen LogP contribution in [0.15, 0.2) is 234 Å². The molecule has 0 aliphatic rings. The molecule has 9 aromatic heterocycles. The maximum absolute atomic E-state index is 6.09. The molecule has 0 aliphatic heterocycles. The summed E-state index contributed by atoms with van der Waals surface area (Å²) in [5.74, 6) is 0. The summed E-state index contributed by atoms with van der Waals surface area (Å²) >= 11 is 0. The van der Waals surface area contributed by atoms with E-state index in [-0.39, 0.29) is 20.1 Å². The van der Waals surface area contributed by atoms with Crippen molar-refractivity contribution in [1.82, 2.24) is 44.9 Å². The summed E-state index contributed by atoms with van der Waals surface area (Å²) < 4.78 is 18.3. The van der Waals surface area contributed by atoms with Crippen LogP contribution in [0.4, 0.5) is 0 Å². The van der Waals surface area contributed by atoms with E-state index in [4.69, 9.17) is 13.3 Å². The van der Waals surface area contributed by atoms with Gasteiger partial charge in [-0.1, -0.05) is 106 Å². The minimum atomic E-state index is 0. The number of para-hydroxylation sites is 3. The molecule has 0 bridgehead atoms. The molecule has 0 radical (unpaired) electrons. The largest absolute Gasteiger partial charge is 3.00 e. The summed E-state index contributed by atoms with van der Waals surface area (Å²) in [5, 5.41) is 6.50. The fourth-order valence-corrected chi connectivity index (χ4v) is 9.23. The first-order valence-electron chi connectivity index (χ1n) is 23.8. The van der Waals surface area contributed by atoms with Crippen molar-refractivity contribution in [3.63, 3.8) is 0 Å². The summed E-state index contributed by atoms with van der Waals surface area (Å²) in [6.07, 6.45) is 20.7. The molecule has 13 heteroatoms. The molecule has 0 saturated carbocycles. The number of fused-ring (bicyclic) bond motifs is 9. The molecule has 0 N–H and O–H groups in total. The van der Waals surface area contributed by atoms with Gasteiger partial charge in [-0.25, -0.2) is 29.9 Å². The molecule has 15 aromatic rings. The molecule has 12 nitrogen and oxygen atoms in total. The first-order valence-corrected chi connectivity index (χ1v) is 23.8. The van der Waals surface area contributed by atoms with E-state index in [9.17, 15) is 0 Å². The van der Waals surface area contributed by atoms with Crippen molar-refractivity contribution in [3.8, 4) is 67.2 Å². The standard InChI is InChI=1S/3C21H12N3O.Ir/c3*1-2-7-20-16(4-1)17-5-3-6-18(21(17)25-20)19-10-14(8-9-24-19)15-11-22-13-23-12-15;/h3*1-5,7-13H;/q3*-1;+3. The Morgan fingerprint density at radius 2 is 0.592 bits per heavy atom. The molecule has 9 heterocycles. The predicted octanol–water partition coefficient (Wildman–Crippen LogP) is 14.7. The second-order valence-electron chi connectivity index (χ2n) is 17.3. The maximum atomic E-state index is 6.09. The van der Waals surface area contributed by atoms with Crippen LogP contribution >= 0.6 is 0 Å². The quantitative estimate of drug-likeness (QED) is 0.145. The zero-order valence-corrected chi connectivity index (χ0v) is 42.3. The van der Waals surface area contributed by atoms with Crippen molar-refractivity contribution in [3.05, 3.63) is 239 Å². The molecule has 360 valence electrons. The second-order valence-corrected chi connectivity index (χ2v) is 17.3. The molecule has 15 rings (SSSR count). The normalized spacial score (nSPS) is 11.1. The van der Waals surface area contributed by atoms with Gasteiger partial charge in [-0.2, -0.15) is 0 Å². The van der Waals surface area contributed by atoms with Crippen LogP contribution in [0.25, 0.3) is 133 Å². The average molecular weight is 1160 g/mol. The van der Waals surface area contributed by atoms with Gasteiger partial charge in [-0.05, 0) is 70.2 Å². The van der Waals surface area contributed by atoms with Gasteiger partial charge in [0.25, 0.3) is 0 Å². The first kappa shape index (κ1) is 47.1.